The van der Waals surface area contributed by atoms with Gasteiger partial charge in [0.2, 0.25) is 15.9 Å². The summed E-state index contributed by atoms with van der Waals surface area (Å²) >= 11 is 5.94. The smallest absolute Gasteiger partial charge is 0.271 e. The Morgan fingerprint density at radius 3 is 2.45 bits per heavy atom. The summed E-state index contributed by atoms with van der Waals surface area (Å²) in [6.07, 6.45) is 1.34. The number of rotatable bonds is 8. The lowest BCUT2D eigenvalue weighted by atomic mass is 10.1. The van der Waals surface area contributed by atoms with Crippen LogP contribution >= 0.6 is 11.6 Å². The molecule has 0 atom stereocenters. The Kier molecular flexibility index (Phi) is 7.21. The van der Waals surface area contributed by atoms with Crippen molar-refractivity contribution in [3.63, 3.8) is 0 Å². The molecule has 0 spiro atoms. The number of benzene rings is 2. The first-order chi connectivity index (χ1) is 13.5. The molecule has 0 bridgehead atoms. The third-order valence-corrected chi connectivity index (χ3v) is 5.73. The van der Waals surface area contributed by atoms with E-state index in [1.807, 2.05) is 6.92 Å². The minimum Gasteiger partial charge on any atom is -0.326 e. The van der Waals surface area contributed by atoms with Crippen molar-refractivity contribution < 1.29 is 18.1 Å². The molecule has 0 fully saturated rings. The van der Waals surface area contributed by atoms with Crippen LogP contribution in [0.15, 0.2) is 36.4 Å². The van der Waals surface area contributed by atoms with Gasteiger partial charge in [0.25, 0.3) is 5.69 Å². The molecular formula is C19H22ClN3O5S. The number of hydrogen-bond acceptors (Lipinski definition) is 5. The number of hydrogen-bond donors (Lipinski definition) is 1. The lowest BCUT2D eigenvalue weighted by molar-refractivity contribution is -0.384. The van der Waals surface area contributed by atoms with Gasteiger partial charge >= 0.3 is 0 Å². The number of sulfonamides is 1. The molecule has 0 saturated heterocycles. The Hall–Kier alpha value is -2.65. The van der Waals surface area contributed by atoms with Gasteiger partial charge in [-0.3, -0.25) is 19.2 Å². The fourth-order valence-corrected chi connectivity index (χ4v) is 3.96. The van der Waals surface area contributed by atoms with Gasteiger partial charge in [-0.2, -0.15) is 0 Å². The number of amides is 1. The van der Waals surface area contributed by atoms with Crippen LogP contribution in [0.1, 0.15) is 24.0 Å². The second-order valence-electron chi connectivity index (χ2n) is 6.67. The predicted molar refractivity (Wildman–Crippen MR) is 114 cm³/mol. The molecule has 2 aromatic carbocycles. The highest BCUT2D eigenvalue weighted by atomic mass is 35.5. The van der Waals surface area contributed by atoms with Crippen molar-refractivity contribution >= 4 is 44.6 Å². The SMILES string of the molecule is Cc1ccc(Cl)cc1NC(=O)CCCN(c1cc([N+](=O)[O-])ccc1C)S(C)(=O)=O. The van der Waals surface area contributed by atoms with Crippen LogP contribution < -0.4 is 9.62 Å². The normalized spacial score (nSPS) is 11.2. The van der Waals surface area contributed by atoms with Gasteiger partial charge < -0.3 is 5.32 Å². The van der Waals surface area contributed by atoms with E-state index in [1.54, 1.807) is 25.1 Å². The molecule has 0 aliphatic heterocycles. The number of non-ortho nitro benzene ring substituents is 1. The van der Waals surface area contributed by atoms with Crippen molar-refractivity contribution in [2.45, 2.75) is 26.7 Å². The first-order valence-electron chi connectivity index (χ1n) is 8.78. The number of nitro groups is 1. The van der Waals surface area contributed by atoms with Crippen LogP contribution in [0.4, 0.5) is 17.1 Å². The summed E-state index contributed by atoms with van der Waals surface area (Å²) in [6, 6.07) is 9.20. The average molecular weight is 440 g/mol. The summed E-state index contributed by atoms with van der Waals surface area (Å²) in [6.45, 7) is 3.52. The maximum Gasteiger partial charge on any atom is 0.271 e. The van der Waals surface area contributed by atoms with Crippen LogP contribution in [-0.2, 0) is 14.8 Å². The van der Waals surface area contributed by atoms with E-state index < -0.39 is 14.9 Å². The molecule has 1 N–H and O–H groups in total. The number of nitrogens with one attached hydrogen (secondary N) is 1. The topological polar surface area (TPSA) is 110 Å². The minimum absolute atomic E-state index is 0.0167. The number of halogens is 1. The largest absolute Gasteiger partial charge is 0.326 e. The molecule has 0 saturated carbocycles. The van der Waals surface area contributed by atoms with Crippen molar-refractivity contribution in [1.82, 2.24) is 0 Å². The molecule has 8 nitrogen and oxygen atoms in total. The van der Waals surface area contributed by atoms with E-state index in [0.717, 1.165) is 16.1 Å². The Labute approximate surface area is 174 Å². The number of anilines is 2. The number of nitrogens with zero attached hydrogens (tertiary/aromatic N) is 2. The van der Waals surface area contributed by atoms with E-state index in [4.69, 9.17) is 11.6 Å². The Morgan fingerprint density at radius 2 is 1.83 bits per heavy atom. The molecule has 10 heteroatoms. The van der Waals surface area contributed by atoms with Gasteiger partial charge in [-0.25, -0.2) is 8.42 Å². The van der Waals surface area contributed by atoms with Crippen molar-refractivity contribution in [3.8, 4) is 0 Å². The lowest BCUT2D eigenvalue weighted by Gasteiger charge is -2.24. The highest BCUT2D eigenvalue weighted by Crippen LogP contribution is 2.28. The van der Waals surface area contributed by atoms with Gasteiger partial charge in [0.15, 0.2) is 0 Å². The van der Waals surface area contributed by atoms with Gasteiger partial charge in [-0.15, -0.1) is 0 Å². The lowest BCUT2D eigenvalue weighted by Crippen LogP contribution is -2.32. The van der Waals surface area contributed by atoms with Crippen molar-refractivity contribution in [3.05, 3.63) is 62.7 Å². The predicted octanol–water partition coefficient (Wildman–Crippen LogP) is 4.05. The minimum atomic E-state index is -3.69. The monoisotopic (exact) mass is 439 g/mol. The van der Waals surface area contributed by atoms with Gasteiger partial charge in [0, 0.05) is 35.8 Å². The van der Waals surface area contributed by atoms with Gasteiger partial charge in [0.1, 0.15) is 0 Å². The summed E-state index contributed by atoms with van der Waals surface area (Å²) < 4.78 is 25.6. The van der Waals surface area contributed by atoms with E-state index in [2.05, 4.69) is 5.32 Å². The highest BCUT2D eigenvalue weighted by Gasteiger charge is 2.22. The zero-order valence-electron chi connectivity index (χ0n) is 16.3. The quantitative estimate of drug-likeness (QED) is 0.492. The molecule has 156 valence electrons. The van der Waals surface area contributed by atoms with E-state index >= 15 is 0 Å². The first-order valence-corrected chi connectivity index (χ1v) is 11.0. The number of carbonyl (C=O) groups excluding carboxylic acids is 1. The van der Waals surface area contributed by atoms with Crippen LogP contribution in [-0.4, -0.2) is 32.0 Å². The zero-order valence-corrected chi connectivity index (χ0v) is 17.9. The van der Waals surface area contributed by atoms with E-state index in [1.165, 1.54) is 18.2 Å². The molecule has 0 aliphatic carbocycles. The summed E-state index contributed by atoms with van der Waals surface area (Å²) in [5, 5.41) is 14.3. The molecule has 0 heterocycles. The van der Waals surface area contributed by atoms with Crippen LogP contribution in [0.5, 0.6) is 0 Å². The standard InChI is InChI=1S/C19H22ClN3O5S/c1-13-6-8-15(20)11-17(13)21-19(24)5-4-10-22(29(3,27)28)18-12-16(23(25)26)9-7-14(18)2/h6-9,11-12H,4-5,10H2,1-3H3,(H,21,24). The van der Waals surface area contributed by atoms with E-state index in [0.29, 0.717) is 16.3 Å². The molecule has 0 radical (unpaired) electrons. The Morgan fingerprint density at radius 1 is 1.17 bits per heavy atom. The van der Waals surface area contributed by atoms with Crippen LogP contribution in [0, 0.1) is 24.0 Å². The maximum atomic E-state index is 12.3. The third kappa shape index (κ3) is 6.16. The Bertz CT molecular complexity index is 1040. The molecule has 0 unspecified atom stereocenters. The zero-order chi connectivity index (χ0) is 21.8. The highest BCUT2D eigenvalue weighted by molar-refractivity contribution is 7.92. The Balaban J connectivity index is 2.11. The number of nitro benzene ring substituents is 1. The maximum absolute atomic E-state index is 12.3. The number of aryl methyl sites for hydroxylation is 2. The van der Waals surface area contributed by atoms with Gasteiger partial charge in [-0.05, 0) is 43.5 Å². The van der Waals surface area contributed by atoms with E-state index in [-0.39, 0.29) is 36.7 Å². The molecule has 1 amide bonds. The fraction of sp³-hybridized carbons (Fsp3) is 0.316. The van der Waals surface area contributed by atoms with Crippen molar-refractivity contribution in [1.29, 1.82) is 0 Å². The second kappa shape index (κ2) is 9.23. The molecular weight excluding hydrogens is 418 g/mol. The number of carbonyl (C=O) groups is 1. The summed E-state index contributed by atoms with van der Waals surface area (Å²) in [5.74, 6) is -0.278. The molecule has 29 heavy (non-hydrogen) atoms. The van der Waals surface area contributed by atoms with Gasteiger partial charge in [-0.1, -0.05) is 23.7 Å². The summed E-state index contributed by atoms with van der Waals surface area (Å²) in [7, 11) is -3.69. The first kappa shape index (κ1) is 22.6. The molecule has 2 aromatic rings. The van der Waals surface area contributed by atoms with Crippen LogP contribution in [0.25, 0.3) is 0 Å². The van der Waals surface area contributed by atoms with Gasteiger partial charge in [0.05, 0.1) is 16.9 Å². The van der Waals surface area contributed by atoms with E-state index in [9.17, 15) is 23.3 Å². The third-order valence-electron chi connectivity index (χ3n) is 4.31. The second-order valence-corrected chi connectivity index (χ2v) is 9.02. The fourth-order valence-electron chi connectivity index (χ4n) is 2.77. The average Bonchev–Trinajstić information content (AvgIpc) is 2.61. The van der Waals surface area contributed by atoms with Crippen molar-refractivity contribution in [2.75, 3.05) is 22.4 Å². The van der Waals surface area contributed by atoms with Crippen LogP contribution in [0.2, 0.25) is 5.02 Å². The summed E-state index contributed by atoms with van der Waals surface area (Å²) in [4.78, 5) is 22.7. The molecule has 0 aliphatic rings. The molecule has 0 aromatic heterocycles. The summed E-state index contributed by atoms with van der Waals surface area (Å²) in [5.41, 5.74) is 2.06. The van der Waals surface area contributed by atoms with Crippen LogP contribution in [0.3, 0.4) is 0 Å². The van der Waals surface area contributed by atoms with Crippen molar-refractivity contribution in [2.24, 2.45) is 0 Å². The molecule has 2 rings (SSSR count).